The fourth-order valence-corrected chi connectivity index (χ4v) is 1.63. The van der Waals surface area contributed by atoms with Gasteiger partial charge in [0.15, 0.2) is 0 Å². The smallest absolute Gasteiger partial charge is 0.137 e. The molecule has 2 aromatic rings. The van der Waals surface area contributed by atoms with Crippen molar-refractivity contribution in [3.05, 3.63) is 58.8 Å². The fourth-order valence-electron chi connectivity index (χ4n) is 1.25. The van der Waals surface area contributed by atoms with E-state index in [9.17, 15) is 4.39 Å². The largest absolute Gasteiger partial charge is 0.206 e. The number of hydrogen-bond donors (Lipinski definition) is 0. The fraction of sp³-hybridized carbons (Fsp3) is 0. The van der Waals surface area contributed by atoms with Gasteiger partial charge in [0.25, 0.3) is 0 Å². The topological polar surface area (TPSA) is 0 Å². The Hall–Kier alpha value is -1.15. The third-order valence-electron chi connectivity index (χ3n) is 1.96. The van der Waals surface area contributed by atoms with Gasteiger partial charge in [0.05, 0.1) is 4.47 Å². The Bertz CT molecular complexity index is 437. The summed E-state index contributed by atoms with van der Waals surface area (Å²) in [7, 11) is 0. The first-order valence-electron chi connectivity index (χ1n) is 4.19. The van der Waals surface area contributed by atoms with Crippen LogP contribution in [0.25, 0.3) is 11.1 Å². The van der Waals surface area contributed by atoms with Crippen LogP contribution >= 0.6 is 15.9 Å². The average Bonchev–Trinajstić information content (AvgIpc) is 2.23. The van der Waals surface area contributed by atoms with Gasteiger partial charge in [0, 0.05) is 0 Å². The predicted molar refractivity (Wildman–Crippen MR) is 58.4 cm³/mol. The van der Waals surface area contributed by atoms with Gasteiger partial charge < -0.3 is 0 Å². The third kappa shape index (κ3) is 1.85. The zero-order chi connectivity index (χ0) is 9.97. The predicted octanol–water partition coefficient (Wildman–Crippen LogP) is 4.06. The third-order valence-corrected chi connectivity index (χ3v) is 2.57. The molecule has 0 N–H and O–H groups in total. The van der Waals surface area contributed by atoms with Gasteiger partial charge >= 0.3 is 0 Å². The van der Waals surface area contributed by atoms with Crippen molar-refractivity contribution in [2.75, 3.05) is 0 Å². The van der Waals surface area contributed by atoms with Crippen LogP contribution in [0.4, 0.5) is 4.39 Å². The first-order valence-corrected chi connectivity index (χ1v) is 4.98. The first-order chi connectivity index (χ1) is 6.77. The van der Waals surface area contributed by atoms with E-state index in [2.05, 4.69) is 22.0 Å². The highest BCUT2D eigenvalue weighted by molar-refractivity contribution is 9.10. The molecule has 2 rings (SSSR count). The maximum Gasteiger partial charge on any atom is 0.137 e. The quantitative estimate of drug-likeness (QED) is 0.716. The molecular weight excluding hydrogens is 243 g/mol. The number of benzene rings is 2. The van der Waals surface area contributed by atoms with Crippen molar-refractivity contribution >= 4 is 15.9 Å². The Kier molecular flexibility index (Phi) is 2.64. The summed E-state index contributed by atoms with van der Waals surface area (Å²) in [5, 5.41) is 0. The van der Waals surface area contributed by atoms with Gasteiger partial charge in [-0.25, -0.2) is 4.39 Å². The lowest BCUT2D eigenvalue weighted by Gasteiger charge is -2.02. The van der Waals surface area contributed by atoms with E-state index in [1.165, 1.54) is 6.07 Å². The van der Waals surface area contributed by atoms with Crippen LogP contribution < -0.4 is 0 Å². The van der Waals surface area contributed by atoms with E-state index in [1.807, 2.05) is 24.3 Å². The van der Waals surface area contributed by atoms with Crippen LogP contribution in [0.2, 0.25) is 0 Å². The minimum Gasteiger partial charge on any atom is -0.206 e. The maximum absolute atomic E-state index is 13.0. The lowest BCUT2D eigenvalue weighted by atomic mass is 10.1. The average molecular weight is 250 g/mol. The molecule has 0 heterocycles. The molecule has 2 heteroatoms. The van der Waals surface area contributed by atoms with Gasteiger partial charge in [-0.3, -0.25) is 0 Å². The standard InChI is InChI=1S/C12H7BrF/c13-11-8-10(6-7-12(11)14)9-4-2-1-3-5-9/h1-2,4-8H. The normalized spacial score (nSPS) is 10.1. The Labute approximate surface area is 90.5 Å². The van der Waals surface area contributed by atoms with Crippen LogP contribution in [0.1, 0.15) is 0 Å². The van der Waals surface area contributed by atoms with Gasteiger partial charge in [0.2, 0.25) is 0 Å². The van der Waals surface area contributed by atoms with E-state index >= 15 is 0 Å². The molecule has 0 atom stereocenters. The summed E-state index contributed by atoms with van der Waals surface area (Å²) in [5.41, 5.74) is 2.02. The Morgan fingerprint density at radius 3 is 2.64 bits per heavy atom. The molecule has 0 spiro atoms. The van der Waals surface area contributed by atoms with Crippen molar-refractivity contribution in [2.45, 2.75) is 0 Å². The zero-order valence-corrected chi connectivity index (χ0v) is 8.88. The summed E-state index contributed by atoms with van der Waals surface area (Å²) < 4.78 is 13.4. The summed E-state index contributed by atoms with van der Waals surface area (Å²) in [4.78, 5) is 0. The summed E-state index contributed by atoms with van der Waals surface area (Å²) >= 11 is 3.16. The number of rotatable bonds is 1. The van der Waals surface area contributed by atoms with E-state index in [-0.39, 0.29) is 5.82 Å². The van der Waals surface area contributed by atoms with Crippen molar-refractivity contribution < 1.29 is 4.39 Å². The Morgan fingerprint density at radius 2 is 2.00 bits per heavy atom. The minimum absolute atomic E-state index is 0.242. The molecule has 0 aliphatic rings. The lowest BCUT2D eigenvalue weighted by Crippen LogP contribution is -1.80. The van der Waals surface area contributed by atoms with E-state index in [0.29, 0.717) is 4.47 Å². The SMILES string of the molecule is Fc1ccc(-c2c[c]ccc2)cc1Br. The number of hydrogen-bond acceptors (Lipinski definition) is 0. The maximum atomic E-state index is 13.0. The molecule has 0 nitrogen and oxygen atoms in total. The summed E-state index contributed by atoms with van der Waals surface area (Å²) in [6.45, 7) is 0. The van der Waals surface area contributed by atoms with E-state index in [0.717, 1.165) is 11.1 Å². The number of halogens is 2. The van der Waals surface area contributed by atoms with Crippen molar-refractivity contribution in [3.63, 3.8) is 0 Å². The minimum atomic E-state index is -0.242. The molecule has 0 fully saturated rings. The molecule has 0 aliphatic carbocycles. The molecule has 2 aromatic carbocycles. The van der Waals surface area contributed by atoms with Crippen molar-refractivity contribution in [1.82, 2.24) is 0 Å². The molecule has 69 valence electrons. The second-order valence-corrected chi connectivity index (χ2v) is 3.78. The van der Waals surface area contributed by atoms with E-state index < -0.39 is 0 Å². The first kappa shape index (κ1) is 9.41. The molecule has 0 amide bonds. The van der Waals surface area contributed by atoms with Crippen molar-refractivity contribution in [2.24, 2.45) is 0 Å². The Balaban J connectivity index is 2.48. The molecule has 0 bridgehead atoms. The summed E-state index contributed by atoms with van der Waals surface area (Å²) in [6.07, 6.45) is 0. The van der Waals surface area contributed by atoms with Crippen LogP contribution in [0.15, 0.2) is 46.9 Å². The van der Waals surface area contributed by atoms with Gasteiger partial charge in [-0.15, -0.1) is 0 Å². The van der Waals surface area contributed by atoms with Gasteiger partial charge in [-0.1, -0.05) is 24.3 Å². The molecule has 0 aromatic heterocycles. The molecule has 0 aliphatic heterocycles. The highest BCUT2D eigenvalue weighted by Crippen LogP contribution is 2.24. The second-order valence-electron chi connectivity index (χ2n) is 2.92. The highest BCUT2D eigenvalue weighted by Gasteiger charge is 2.01. The van der Waals surface area contributed by atoms with Crippen LogP contribution in [0.3, 0.4) is 0 Å². The molecule has 0 unspecified atom stereocenters. The molecular formula is C12H7BrF. The molecule has 1 radical (unpaired) electrons. The van der Waals surface area contributed by atoms with Crippen LogP contribution in [0.5, 0.6) is 0 Å². The molecule has 0 saturated carbocycles. The molecule has 14 heavy (non-hydrogen) atoms. The molecule has 0 saturated heterocycles. The van der Waals surface area contributed by atoms with E-state index in [4.69, 9.17) is 0 Å². The zero-order valence-electron chi connectivity index (χ0n) is 7.30. The lowest BCUT2D eigenvalue weighted by molar-refractivity contribution is 0.621. The van der Waals surface area contributed by atoms with Crippen molar-refractivity contribution in [3.8, 4) is 11.1 Å². The van der Waals surface area contributed by atoms with Gasteiger partial charge in [0.1, 0.15) is 5.82 Å². The van der Waals surface area contributed by atoms with E-state index in [1.54, 1.807) is 12.1 Å². The Morgan fingerprint density at radius 1 is 1.14 bits per heavy atom. The van der Waals surface area contributed by atoms with Crippen LogP contribution in [-0.4, -0.2) is 0 Å². The highest BCUT2D eigenvalue weighted by atomic mass is 79.9. The van der Waals surface area contributed by atoms with Crippen LogP contribution in [-0.2, 0) is 0 Å². The second kappa shape index (κ2) is 3.93. The summed E-state index contributed by atoms with van der Waals surface area (Å²) in [6, 6.07) is 15.5. The van der Waals surface area contributed by atoms with Crippen molar-refractivity contribution in [1.29, 1.82) is 0 Å². The van der Waals surface area contributed by atoms with Gasteiger partial charge in [-0.05, 0) is 51.3 Å². The van der Waals surface area contributed by atoms with Gasteiger partial charge in [-0.2, -0.15) is 0 Å². The monoisotopic (exact) mass is 249 g/mol. The summed E-state index contributed by atoms with van der Waals surface area (Å²) in [5.74, 6) is -0.242. The van der Waals surface area contributed by atoms with Crippen LogP contribution in [0, 0.1) is 11.9 Å².